The second kappa shape index (κ2) is 9.65. The number of hydrazine groups is 1. The Kier molecular flexibility index (Phi) is 6.41. The molecule has 8 nitrogen and oxygen atoms in total. The number of aromatic nitrogens is 1. The number of pyridine rings is 1. The summed E-state index contributed by atoms with van der Waals surface area (Å²) in [5, 5.41) is 11.4. The average Bonchev–Trinajstić information content (AvgIpc) is 3.20. The van der Waals surface area contributed by atoms with Gasteiger partial charge in [-0.15, -0.1) is 0 Å². The molecule has 1 N–H and O–H groups in total. The Morgan fingerprint density at radius 2 is 1.71 bits per heavy atom. The molecule has 6 rings (SSSR count). The van der Waals surface area contributed by atoms with Crippen molar-refractivity contribution in [2.45, 2.75) is 31.9 Å². The third kappa shape index (κ3) is 4.17. The molecule has 2 aromatic rings. The summed E-state index contributed by atoms with van der Waals surface area (Å²) in [6.07, 6.45) is -1.50. The molecule has 4 aliphatic rings. The lowest BCUT2D eigenvalue weighted by molar-refractivity contribution is -0.141. The van der Waals surface area contributed by atoms with Gasteiger partial charge in [0.25, 0.3) is 11.8 Å². The molecular weight excluding hydrogens is 575 g/mol. The van der Waals surface area contributed by atoms with Gasteiger partial charge in [-0.1, -0.05) is 35.4 Å². The number of rotatable bonds is 3. The lowest BCUT2D eigenvalue weighted by Gasteiger charge is -2.42. The van der Waals surface area contributed by atoms with Crippen LogP contribution in [0.15, 0.2) is 70.8 Å². The van der Waals surface area contributed by atoms with Crippen molar-refractivity contribution in [1.82, 2.24) is 9.99 Å². The molecule has 4 unspecified atom stereocenters. The zero-order chi connectivity index (χ0) is 30.2. The average molecular weight is 598 g/mol. The topological polar surface area (TPSA) is 108 Å². The van der Waals surface area contributed by atoms with Crippen molar-refractivity contribution < 1.29 is 37.5 Å². The summed E-state index contributed by atoms with van der Waals surface area (Å²) < 4.78 is 40.2. The van der Waals surface area contributed by atoms with Crippen molar-refractivity contribution in [3.8, 4) is 5.75 Å². The van der Waals surface area contributed by atoms with Gasteiger partial charge < -0.3 is 5.11 Å². The number of alkyl halides is 3. The number of phenols is 1. The van der Waals surface area contributed by atoms with Gasteiger partial charge in [0.2, 0.25) is 0 Å². The fourth-order valence-corrected chi connectivity index (χ4v) is 6.83. The van der Waals surface area contributed by atoms with Crippen LogP contribution in [0.3, 0.4) is 0 Å². The first kappa shape index (κ1) is 27.9. The molecule has 2 heterocycles. The molecule has 1 aromatic carbocycles. The van der Waals surface area contributed by atoms with Crippen molar-refractivity contribution in [2.75, 3.05) is 12.1 Å². The maximum absolute atomic E-state index is 14.0. The lowest BCUT2D eigenvalue weighted by atomic mass is 9.59. The number of Topliss-reactive ketones (excluding diaryl/α,β-unsaturated/α-hetero) is 1. The minimum Gasteiger partial charge on any atom is -0.508 e. The van der Waals surface area contributed by atoms with E-state index in [9.17, 15) is 37.5 Å². The van der Waals surface area contributed by atoms with E-state index >= 15 is 0 Å². The molecule has 2 amide bonds. The first-order valence-corrected chi connectivity index (χ1v) is 13.5. The number of allylic oxidation sites excluding steroid dienone is 6. The SMILES string of the molecule is CC1=CC(=O)C2=C(C1=O)C(c1ccc(O)cc1)C1=CCC3C(=O)N(N(C)c4nc(C(F)(F)F)ccc4Cl)C(=O)C3C1C2. The fraction of sp³-hybridized carbons (Fsp3) is 0.300. The van der Waals surface area contributed by atoms with E-state index in [-0.39, 0.29) is 40.8 Å². The minimum atomic E-state index is -4.78. The highest BCUT2D eigenvalue weighted by molar-refractivity contribution is 6.33. The normalized spacial score (nSPS) is 25.6. The Labute approximate surface area is 242 Å². The predicted octanol–water partition coefficient (Wildman–Crippen LogP) is 4.94. The molecular formula is C30H23ClF3N3O5. The summed E-state index contributed by atoms with van der Waals surface area (Å²) >= 11 is 6.16. The van der Waals surface area contributed by atoms with Crippen LogP contribution in [0.2, 0.25) is 5.02 Å². The summed E-state index contributed by atoms with van der Waals surface area (Å²) in [6.45, 7) is 1.56. The van der Waals surface area contributed by atoms with Crippen LogP contribution in [0.25, 0.3) is 0 Å². The monoisotopic (exact) mass is 597 g/mol. The van der Waals surface area contributed by atoms with E-state index in [0.717, 1.165) is 16.1 Å². The number of amides is 2. The number of aromatic hydroxyl groups is 1. The van der Waals surface area contributed by atoms with E-state index in [1.54, 1.807) is 19.1 Å². The lowest BCUT2D eigenvalue weighted by Crippen LogP contribution is -2.46. The van der Waals surface area contributed by atoms with Crippen molar-refractivity contribution in [3.63, 3.8) is 0 Å². The minimum absolute atomic E-state index is 0.0113. The molecule has 1 aliphatic heterocycles. The van der Waals surface area contributed by atoms with Crippen molar-refractivity contribution >= 4 is 40.8 Å². The van der Waals surface area contributed by atoms with Crippen molar-refractivity contribution in [3.05, 3.63) is 87.1 Å². The van der Waals surface area contributed by atoms with Gasteiger partial charge in [-0.3, -0.25) is 24.2 Å². The number of phenolic OH excluding ortho intramolecular Hbond substituents is 1. The molecule has 1 aromatic heterocycles. The van der Waals surface area contributed by atoms with Crippen molar-refractivity contribution in [2.24, 2.45) is 17.8 Å². The Hall–Kier alpha value is -4.25. The van der Waals surface area contributed by atoms with Gasteiger partial charge in [-0.2, -0.15) is 18.2 Å². The van der Waals surface area contributed by atoms with Crippen LogP contribution in [0, 0.1) is 17.8 Å². The van der Waals surface area contributed by atoms with E-state index in [1.807, 2.05) is 6.08 Å². The number of hydrogen-bond acceptors (Lipinski definition) is 7. The third-order valence-corrected chi connectivity index (χ3v) is 8.79. The van der Waals surface area contributed by atoms with Crippen LogP contribution in [0.1, 0.15) is 36.9 Å². The standard InChI is InChI=1S/C30H23ClF3N3O5/c1-13-11-21(39)19-12-18-16(23(25(19)26(13)40)14-3-5-15(38)6-4-14)7-8-17-24(18)29(42)37(28(17)41)36(2)27-20(31)9-10-22(35-27)30(32,33)34/h3-7,9-11,17-18,23-24,38H,8,12H2,1-2H3. The van der Waals surface area contributed by atoms with Crippen LogP contribution >= 0.6 is 11.6 Å². The van der Waals surface area contributed by atoms with Gasteiger partial charge in [-0.05, 0) is 61.6 Å². The number of fused-ring (bicyclic) bond motifs is 3. The summed E-state index contributed by atoms with van der Waals surface area (Å²) in [4.78, 5) is 57.8. The number of nitrogens with zero attached hydrogens (tertiary/aromatic N) is 3. The quantitative estimate of drug-likeness (QED) is 0.303. The molecule has 42 heavy (non-hydrogen) atoms. The maximum atomic E-state index is 14.0. The van der Waals surface area contributed by atoms with E-state index in [4.69, 9.17) is 11.6 Å². The van der Waals surface area contributed by atoms with Gasteiger partial charge in [0, 0.05) is 29.7 Å². The molecule has 1 saturated heterocycles. The highest BCUT2D eigenvalue weighted by Gasteiger charge is 2.57. The maximum Gasteiger partial charge on any atom is 0.433 e. The van der Waals surface area contributed by atoms with Crippen LogP contribution in [0.4, 0.5) is 19.0 Å². The number of imide groups is 1. The van der Waals surface area contributed by atoms with E-state index in [0.29, 0.717) is 28.3 Å². The third-order valence-electron chi connectivity index (χ3n) is 8.49. The largest absolute Gasteiger partial charge is 0.508 e. The first-order valence-electron chi connectivity index (χ1n) is 13.1. The number of carbonyl (C=O) groups excluding carboxylic acids is 4. The van der Waals surface area contributed by atoms with E-state index in [2.05, 4.69) is 4.98 Å². The molecule has 0 bridgehead atoms. The van der Waals surface area contributed by atoms with Gasteiger partial charge in [0.1, 0.15) is 11.4 Å². The summed E-state index contributed by atoms with van der Waals surface area (Å²) in [7, 11) is 1.24. The highest BCUT2D eigenvalue weighted by atomic mass is 35.5. The molecule has 4 atom stereocenters. The second-order valence-corrected chi connectivity index (χ2v) is 11.2. The van der Waals surface area contributed by atoms with Crippen LogP contribution in [-0.4, -0.2) is 45.5 Å². The molecule has 0 radical (unpaired) electrons. The zero-order valence-electron chi connectivity index (χ0n) is 22.3. The molecule has 0 saturated carbocycles. The van der Waals surface area contributed by atoms with Gasteiger partial charge in [0.15, 0.2) is 17.4 Å². The van der Waals surface area contributed by atoms with Gasteiger partial charge >= 0.3 is 6.18 Å². The molecule has 12 heteroatoms. The molecule has 0 spiro atoms. The van der Waals surface area contributed by atoms with Crippen LogP contribution in [0.5, 0.6) is 5.75 Å². The molecule has 216 valence electrons. The Morgan fingerprint density at radius 3 is 2.38 bits per heavy atom. The fourth-order valence-electron chi connectivity index (χ4n) is 6.60. The number of carbonyl (C=O) groups is 4. The second-order valence-electron chi connectivity index (χ2n) is 10.8. The zero-order valence-corrected chi connectivity index (χ0v) is 23.0. The Bertz CT molecular complexity index is 1680. The number of benzene rings is 1. The molecule has 3 aliphatic carbocycles. The van der Waals surface area contributed by atoms with Crippen LogP contribution < -0.4 is 5.01 Å². The van der Waals surface area contributed by atoms with E-state index < -0.39 is 53.2 Å². The van der Waals surface area contributed by atoms with E-state index in [1.165, 1.54) is 25.3 Å². The Morgan fingerprint density at radius 1 is 1.02 bits per heavy atom. The van der Waals surface area contributed by atoms with Gasteiger partial charge in [0.05, 0.1) is 16.9 Å². The number of ketones is 2. The highest BCUT2D eigenvalue weighted by Crippen LogP contribution is 2.55. The van der Waals surface area contributed by atoms with Crippen molar-refractivity contribution in [1.29, 1.82) is 0 Å². The number of hydrogen-bond donors (Lipinski definition) is 1. The van der Waals surface area contributed by atoms with Gasteiger partial charge in [-0.25, -0.2) is 4.98 Å². The number of halogens is 4. The molecule has 1 fully saturated rings. The first-order chi connectivity index (χ1) is 19.8. The number of anilines is 1. The van der Waals surface area contributed by atoms with Crippen LogP contribution in [-0.2, 0) is 25.4 Å². The Balaban J connectivity index is 1.42. The summed E-state index contributed by atoms with van der Waals surface area (Å²) in [5.41, 5.74) is 0.981. The summed E-state index contributed by atoms with van der Waals surface area (Å²) in [6, 6.07) is 7.94. The summed E-state index contributed by atoms with van der Waals surface area (Å²) in [5.74, 6) is -5.42. The smallest absolute Gasteiger partial charge is 0.433 e. The predicted molar refractivity (Wildman–Crippen MR) is 144 cm³/mol.